The molecule has 7 nitrogen and oxygen atoms in total. The number of anilines is 1. The maximum atomic E-state index is 11.9. The molecule has 0 aliphatic rings. The third-order valence-corrected chi connectivity index (χ3v) is 3.07. The van der Waals surface area contributed by atoms with E-state index >= 15 is 0 Å². The molecule has 0 aliphatic carbocycles. The lowest BCUT2D eigenvalue weighted by atomic mass is 10.1. The van der Waals surface area contributed by atoms with Gasteiger partial charge in [0.1, 0.15) is 18.4 Å². The van der Waals surface area contributed by atoms with E-state index in [0.717, 1.165) is 6.42 Å². The van der Waals surface area contributed by atoms with Crippen LogP contribution >= 0.6 is 0 Å². The summed E-state index contributed by atoms with van der Waals surface area (Å²) >= 11 is 0. The largest absolute Gasteiger partial charge is 0.324 e. The number of hydrogen-bond acceptors (Lipinski definition) is 4. The van der Waals surface area contributed by atoms with Crippen molar-refractivity contribution in [1.29, 1.82) is 0 Å². The normalized spacial score (nSPS) is 10.4. The average Bonchev–Trinajstić information content (AvgIpc) is 2.80. The van der Waals surface area contributed by atoms with E-state index in [1.54, 1.807) is 0 Å². The van der Waals surface area contributed by atoms with E-state index in [-0.39, 0.29) is 18.1 Å². The molecule has 1 amide bonds. The van der Waals surface area contributed by atoms with Gasteiger partial charge in [-0.1, -0.05) is 19.1 Å². The maximum absolute atomic E-state index is 11.9. The SMILES string of the molecule is CCc1ccc(NC(=O)Cn2cc([N+](=O)[O-])c(C)n2)cc1. The number of nitro groups is 1. The predicted molar refractivity (Wildman–Crippen MR) is 78.1 cm³/mol. The molecular formula is C14H16N4O3. The summed E-state index contributed by atoms with van der Waals surface area (Å²) in [6, 6.07) is 7.54. The molecule has 2 aromatic rings. The summed E-state index contributed by atoms with van der Waals surface area (Å²) in [4.78, 5) is 22.1. The van der Waals surface area contributed by atoms with Crippen LogP contribution < -0.4 is 5.32 Å². The number of aromatic nitrogens is 2. The van der Waals surface area contributed by atoms with Gasteiger partial charge in [0.15, 0.2) is 0 Å². The van der Waals surface area contributed by atoms with Gasteiger partial charge in [-0.25, -0.2) is 0 Å². The number of benzene rings is 1. The summed E-state index contributed by atoms with van der Waals surface area (Å²) in [6.07, 6.45) is 2.19. The molecule has 1 N–H and O–H groups in total. The molecule has 0 saturated heterocycles. The van der Waals surface area contributed by atoms with Gasteiger partial charge in [-0.3, -0.25) is 19.6 Å². The molecule has 0 unspecified atom stereocenters. The average molecular weight is 288 g/mol. The highest BCUT2D eigenvalue weighted by atomic mass is 16.6. The zero-order chi connectivity index (χ0) is 15.4. The van der Waals surface area contributed by atoms with Gasteiger partial charge >= 0.3 is 5.69 Å². The molecule has 0 bridgehead atoms. The van der Waals surface area contributed by atoms with Crippen molar-refractivity contribution >= 4 is 17.3 Å². The summed E-state index contributed by atoms with van der Waals surface area (Å²) < 4.78 is 1.27. The Morgan fingerprint density at radius 2 is 2.05 bits per heavy atom. The molecule has 1 aromatic carbocycles. The second-order valence-corrected chi connectivity index (χ2v) is 4.65. The van der Waals surface area contributed by atoms with Crippen LogP contribution in [0.25, 0.3) is 0 Å². The highest BCUT2D eigenvalue weighted by Crippen LogP contribution is 2.15. The third kappa shape index (κ3) is 3.65. The minimum absolute atomic E-state index is 0.0653. The molecule has 110 valence electrons. The molecule has 21 heavy (non-hydrogen) atoms. The fraction of sp³-hybridized carbons (Fsp3) is 0.286. The Balaban J connectivity index is 2.01. The van der Waals surface area contributed by atoms with Crippen LogP contribution in [0.5, 0.6) is 0 Å². The number of nitrogens with zero attached hydrogens (tertiary/aromatic N) is 3. The van der Waals surface area contributed by atoms with E-state index in [4.69, 9.17) is 0 Å². The molecule has 0 aliphatic heterocycles. The Morgan fingerprint density at radius 1 is 1.38 bits per heavy atom. The van der Waals surface area contributed by atoms with Crippen molar-refractivity contribution in [3.05, 3.63) is 51.8 Å². The lowest BCUT2D eigenvalue weighted by Gasteiger charge is -2.06. The highest BCUT2D eigenvalue weighted by Gasteiger charge is 2.16. The van der Waals surface area contributed by atoms with Crippen molar-refractivity contribution in [3.63, 3.8) is 0 Å². The smallest absolute Gasteiger partial charge is 0.309 e. The number of aryl methyl sites for hydroxylation is 2. The lowest BCUT2D eigenvalue weighted by molar-refractivity contribution is -0.385. The fourth-order valence-electron chi connectivity index (χ4n) is 1.94. The van der Waals surface area contributed by atoms with Crippen LogP contribution in [0.15, 0.2) is 30.5 Å². The topological polar surface area (TPSA) is 90.1 Å². The quantitative estimate of drug-likeness (QED) is 0.675. The molecule has 0 atom stereocenters. The Labute approximate surface area is 121 Å². The molecule has 1 aromatic heterocycles. The van der Waals surface area contributed by atoms with Crippen molar-refractivity contribution in [3.8, 4) is 0 Å². The van der Waals surface area contributed by atoms with Crippen LogP contribution in [0.3, 0.4) is 0 Å². The van der Waals surface area contributed by atoms with Gasteiger partial charge in [0, 0.05) is 5.69 Å². The minimum Gasteiger partial charge on any atom is -0.324 e. The zero-order valence-corrected chi connectivity index (χ0v) is 11.9. The number of carbonyl (C=O) groups is 1. The molecule has 0 fully saturated rings. The summed E-state index contributed by atoms with van der Waals surface area (Å²) in [6.45, 7) is 3.53. The monoisotopic (exact) mass is 288 g/mol. The van der Waals surface area contributed by atoms with Gasteiger partial charge in [0.05, 0.1) is 4.92 Å². The van der Waals surface area contributed by atoms with Gasteiger partial charge < -0.3 is 5.32 Å². The zero-order valence-electron chi connectivity index (χ0n) is 11.9. The number of rotatable bonds is 5. The summed E-state index contributed by atoms with van der Waals surface area (Å²) in [5.41, 5.74) is 2.08. The first-order chi connectivity index (χ1) is 9.99. The van der Waals surface area contributed by atoms with E-state index < -0.39 is 4.92 Å². The van der Waals surface area contributed by atoms with E-state index in [1.165, 1.54) is 23.4 Å². The lowest BCUT2D eigenvalue weighted by Crippen LogP contribution is -2.19. The van der Waals surface area contributed by atoms with E-state index in [0.29, 0.717) is 11.4 Å². The van der Waals surface area contributed by atoms with Gasteiger partial charge in [0.2, 0.25) is 5.91 Å². The highest BCUT2D eigenvalue weighted by molar-refractivity contribution is 5.90. The Hall–Kier alpha value is -2.70. The van der Waals surface area contributed by atoms with Crippen LogP contribution in [-0.4, -0.2) is 20.6 Å². The van der Waals surface area contributed by atoms with Crippen molar-refractivity contribution in [1.82, 2.24) is 9.78 Å². The molecule has 0 radical (unpaired) electrons. The van der Waals surface area contributed by atoms with E-state index in [9.17, 15) is 14.9 Å². The fourth-order valence-corrected chi connectivity index (χ4v) is 1.94. The van der Waals surface area contributed by atoms with Crippen LogP contribution in [0.2, 0.25) is 0 Å². The van der Waals surface area contributed by atoms with Crippen LogP contribution in [0.4, 0.5) is 11.4 Å². The number of amides is 1. The number of hydrogen-bond donors (Lipinski definition) is 1. The maximum Gasteiger partial charge on any atom is 0.309 e. The second kappa shape index (κ2) is 6.17. The van der Waals surface area contributed by atoms with Crippen LogP contribution in [0, 0.1) is 17.0 Å². The Bertz CT molecular complexity index is 661. The molecular weight excluding hydrogens is 272 g/mol. The summed E-state index contributed by atoms with van der Waals surface area (Å²) in [5, 5.41) is 17.4. The first-order valence-electron chi connectivity index (χ1n) is 6.57. The van der Waals surface area contributed by atoms with Crippen LogP contribution in [0.1, 0.15) is 18.2 Å². The molecule has 7 heteroatoms. The van der Waals surface area contributed by atoms with E-state index in [2.05, 4.69) is 17.3 Å². The van der Waals surface area contributed by atoms with Crippen molar-refractivity contribution < 1.29 is 9.72 Å². The van der Waals surface area contributed by atoms with Crippen molar-refractivity contribution in [2.45, 2.75) is 26.8 Å². The molecule has 0 saturated carbocycles. The summed E-state index contributed by atoms with van der Waals surface area (Å²) in [5.74, 6) is -0.281. The molecule has 2 rings (SSSR count). The van der Waals surface area contributed by atoms with E-state index in [1.807, 2.05) is 24.3 Å². The van der Waals surface area contributed by atoms with Gasteiger partial charge in [-0.2, -0.15) is 5.10 Å². The summed E-state index contributed by atoms with van der Waals surface area (Å²) in [7, 11) is 0. The van der Waals surface area contributed by atoms with Crippen LogP contribution in [-0.2, 0) is 17.8 Å². The predicted octanol–water partition coefficient (Wildman–Crippen LogP) is 2.30. The third-order valence-electron chi connectivity index (χ3n) is 3.07. The van der Waals surface area contributed by atoms with Crippen molar-refractivity contribution in [2.75, 3.05) is 5.32 Å². The molecule has 1 heterocycles. The second-order valence-electron chi connectivity index (χ2n) is 4.65. The first kappa shape index (κ1) is 14.7. The number of nitrogens with one attached hydrogen (secondary N) is 1. The molecule has 0 spiro atoms. The van der Waals surface area contributed by atoms with Crippen molar-refractivity contribution in [2.24, 2.45) is 0 Å². The van der Waals surface area contributed by atoms with Gasteiger partial charge in [-0.05, 0) is 31.0 Å². The van der Waals surface area contributed by atoms with Gasteiger partial charge in [-0.15, -0.1) is 0 Å². The standard InChI is InChI=1S/C14H16N4O3/c1-3-11-4-6-12(7-5-11)15-14(19)9-17-8-13(18(20)21)10(2)16-17/h4-8H,3,9H2,1-2H3,(H,15,19). The number of carbonyl (C=O) groups excluding carboxylic acids is 1. The Morgan fingerprint density at radius 3 is 2.57 bits per heavy atom. The van der Waals surface area contributed by atoms with Gasteiger partial charge in [0.25, 0.3) is 0 Å². The minimum atomic E-state index is -0.514. The Kier molecular flexibility index (Phi) is 4.32. The first-order valence-corrected chi connectivity index (χ1v) is 6.57.